The van der Waals surface area contributed by atoms with Gasteiger partial charge in [-0.05, 0) is 51.7 Å². The van der Waals surface area contributed by atoms with Gasteiger partial charge in [0.25, 0.3) is 0 Å². The molecule has 0 bridgehead atoms. The lowest BCUT2D eigenvalue weighted by Crippen LogP contribution is -2.39. The Bertz CT molecular complexity index is 574. The maximum atomic E-state index is 12.4. The van der Waals surface area contributed by atoms with Crippen molar-refractivity contribution in [3.8, 4) is 0 Å². The highest BCUT2D eigenvalue weighted by Gasteiger charge is 2.30. The monoisotopic (exact) mass is 331 g/mol. The SMILES string of the molecule is Cc1cccc(C)c1NC(=O)CN(CCC(=O)NC(C)C)C1CC1. The molecule has 0 spiro atoms. The lowest BCUT2D eigenvalue weighted by atomic mass is 10.1. The normalized spacial score (nSPS) is 14.1. The second-order valence-electron chi connectivity index (χ2n) is 6.99. The van der Waals surface area contributed by atoms with Crippen molar-refractivity contribution in [3.05, 3.63) is 29.3 Å². The van der Waals surface area contributed by atoms with Crippen molar-refractivity contribution >= 4 is 17.5 Å². The standard InChI is InChI=1S/C19H29N3O2/c1-13(2)20-17(23)10-11-22(16-8-9-16)12-18(24)21-19-14(3)6-5-7-15(19)4/h5-7,13,16H,8-12H2,1-4H3,(H,20,23)(H,21,24). The fourth-order valence-electron chi connectivity index (χ4n) is 2.84. The first-order valence-corrected chi connectivity index (χ1v) is 8.76. The molecule has 2 rings (SSSR count). The Hall–Kier alpha value is -1.88. The van der Waals surface area contributed by atoms with Crippen LogP contribution in [0, 0.1) is 13.8 Å². The molecule has 1 aromatic rings. The van der Waals surface area contributed by atoms with E-state index in [1.807, 2.05) is 45.9 Å². The summed E-state index contributed by atoms with van der Waals surface area (Å²) in [5.41, 5.74) is 3.03. The fourth-order valence-corrected chi connectivity index (χ4v) is 2.84. The van der Waals surface area contributed by atoms with Crippen molar-refractivity contribution in [2.75, 3.05) is 18.4 Å². The van der Waals surface area contributed by atoms with E-state index in [2.05, 4.69) is 15.5 Å². The number of anilines is 1. The molecule has 0 radical (unpaired) electrons. The predicted octanol–water partition coefficient (Wildman–Crippen LogP) is 2.62. The summed E-state index contributed by atoms with van der Waals surface area (Å²) in [6.07, 6.45) is 2.66. The minimum Gasteiger partial charge on any atom is -0.354 e. The van der Waals surface area contributed by atoms with E-state index in [-0.39, 0.29) is 17.9 Å². The summed E-state index contributed by atoms with van der Waals surface area (Å²) in [7, 11) is 0. The number of benzene rings is 1. The number of aryl methyl sites for hydroxylation is 2. The molecule has 0 unspecified atom stereocenters. The molecule has 1 aromatic carbocycles. The number of nitrogens with one attached hydrogen (secondary N) is 2. The van der Waals surface area contributed by atoms with Crippen molar-refractivity contribution in [1.29, 1.82) is 0 Å². The van der Waals surface area contributed by atoms with E-state index < -0.39 is 0 Å². The molecule has 0 atom stereocenters. The average molecular weight is 331 g/mol. The van der Waals surface area contributed by atoms with E-state index in [1.54, 1.807) is 0 Å². The van der Waals surface area contributed by atoms with Gasteiger partial charge >= 0.3 is 0 Å². The highest BCUT2D eigenvalue weighted by atomic mass is 16.2. The fraction of sp³-hybridized carbons (Fsp3) is 0.579. The molecule has 1 aliphatic carbocycles. The van der Waals surface area contributed by atoms with Gasteiger partial charge in [0.15, 0.2) is 0 Å². The third kappa shape index (κ3) is 5.64. The maximum absolute atomic E-state index is 12.4. The van der Waals surface area contributed by atoms with Crippen LogP contribution in [0.1, 0.15) is 44.2 Å². The van der Waals surface area contributed by atoms with Gasteiger partial charge in [0.1, 0.15) is 0 Å². The van der Waals surface area contributed by atoms with E-state index in [9.17, 15) is 9.59 Å². The molecule has 2 amide bonds. The van der Waals surface area contributed by atoms with Gasteiger partial charge in [-0.2, -0.15) is 0 Å². The third-order valence-electron chi connectivity index (χ3n) is 4.23. The molecule has 5 heteroatoms. The van der Waals surface area contributed by atoms with Crippen LogP contribution in [0.25, 0.3) is 0 Å². The van der Waals surface area contributed by atoms with Crippen molar-refractivity contribution in [1.82, 2.24) is 10.2 Å². The van der Waals surface area contributed by atoms with Crippen LogP contribution in [0.3, 0.4) is 0 Å². The molecular weight excluding hydrogens is 302 g/mol. The number of carbonyl (C=O) groups excluding carboxylic acids is 2. The van der Waals surface area contributed by atoms with Gasteiger partial charge in [-0.15, -0.1) is 0 Å². The van der Waals surface area contributed by atoms with E-state index in [0.717, 1.165) is 29.7 Å². The molecule has 0 aromatic heterocycles. The van der Waals surface area contributed by atoms with Gasteiger partial charge in [-0.3, -0.25) is 14.5 Å². The van der Waals surface area contributed by atoms with E-state index in [0.29, 0.717) is 25.6 Å². The molecular formula is C19H29N3O2. The zero-order valence-electron chi connectivity index (χ0n) is 15.2. The summed E-state index contributed by atoms with van der Waals surface area (Å²) in [5, 5.41) is 5.93. The number of para-hydroxylation sites is 1. The Labute approximate surface area is 144 Å². The molecule has 0 saturated heterocycles. The number of hydrogen-bond acceptors (Lipinski definition) is 3. The second-order valence-corrected chi connectivity index (χ2v) is 6.99. The van der Waals surface area contributed by atoms with Crippen LogP contribution in [-0.2, 0) is 9.59 Å². The summed E-state index contributed by atoms with van der Waals surface area (Å²) in [6, 6.07) is 6.58. The first-order valence-electron chi connectivity index (χ1n) is 8.76. The number of carbonyl (C=O) groups is 2. The van der Waals surface area contributed by atoms with E-state index in [4.69, 9.17) is 0 Å². The Morgan fingerprint density at radius 3 is 2.33 bits per heavy atom. The van der Waals surface area contributed by atoms with Gasteiger partial charge in [-0.25, -0.2) is 0 Å². The molecule has 1 saturated carbocycles. The molecule has 132 valence electrons. The van der Waals surface area contributed by atoms with E-state index in [1.165, 1.54) is 0 Å². The van der Waals surface area contributed by atoms with Crippen LogP contribution in [0.15, 0.2) is 18.2 Å². The van der Waals surface area contributed by atoms with E-state index >= 15 is 0 Å². The Kier molecular flexibility index (Phi) is 6.37. The Morgan fingerprint density at radius 2 is 1.79 bits per heavy atom. The third-order valence-corrected chi connectivity index (χ3v) is 4.23. The number of amides is 2. The van der Waals surface area contributed by atoms with Crippen LogP contribution in [0.5, 0.6) is 0 Å². The first-order chi connectivity index (χ1) is 11.4. The van der Waals surface area contributed by atoms with Crippen LogP contribution in [0.2, 0.25) is 0 Å². The second kappa shape index (κ2) is 8.29. The number of nitrogens with zero attached hydrogens (tertiary/aromatic N) is 1. The topological polar surface area (TPSA) is 61.4 Å². The van der Waals surface area contributed by atoms with Gasteiger partial charge in [0.05, 0.1) is 6.54 Å². The predicted molar refractivity (Wildman–Crippen MR) is 97.0 cm³/mol. The zero-order valence-corrected chi connectivity index (χ0v) is 15.2. The van der Waals surface area contributed by atoms with Crippen molar-refractivity contribution in [2.45, 2.75) is 59.0 Å². The van der Waals surface area contributed by atoms with Crippen molar-refractivity contribution < 1.29 is 9.59 Å². The molecule has 1 aliphatic rings. The summed E-state index contributed by atoms with van der Waals surface area (Å²) in [6.45, 7) is 8.87. The van der Waals surface area contributed by atoms with Crippen LogP contribution in [-0.4, -0.2) is 41.9 Å². The van der Waals surface area contributed by atoms with Gasteiger partial charge in [0, 0.05) is 30.7 Å². The number of hydrogen-bond donors (Lipinski definition) is 2. The summed E-state index contributed by atoms with van der Waals surface area (Å²) >= 11 is 0. The molecule has 0 aliphatic heterocycles. The minimum absolute atomic E-state index is 0.0106. The molecule has 1 fully saturated rings. The van der Waals surface area contributed by atoms with Crippen molar-refractivity contribution in [2.24, 2.45) is 0 Å². The molecule has 5 nitrogen and oxygen atoms in total. The van der Waals surface area contributed by atoms with Gasteiger partial charge in [0.2, 0.25) is 11.8 Å². The zero-order chi connectivity index (χ0) is 17.7. The summed E-state index contributed by atoms with van der Waals surface area (Å²) in [4.78, 5) is 26.4. The number of rotatable bonds is 8. The smallest absolute Gasteiger partial charge is 0.238 e. The largest absolute Gasteiger partial charge is 0.354 e. The van der Waals surface area contributed by atoms with Crippen LogP contribution in [0.4, 0.5) is 5.69 Å². The highest BCUT2D eigenvalue weighted by Crippen LogP contribution is 2.27. The molecule has 0 heterocycles. The maximum Gasteiger partial charge on any atom is 0.238 e. The Morgan fingerprint density at radius 1 is 1.17 bits per heavy atom. The summed E-state index contributed by atoms with van der Waals surface area (Å²) in [5.74, 6) is 0.0365. The van der Waals surface area contributed by atoms with Crippen LogP contribution >= 0.6 is 0 Å². The average Bonchev–Trinajstić information content (AvgIpc) is 3.31. The van der Waals surface area contributed by atoms with Gasteiger partial charge in [-0.1, -0.05) is 18.2 Å². The first kappa shape index (κ1) is 18.5. The summed E-state index contributed by atoms with van der Waals surface area (Å²) < 4.78 is 0. The van der Waals surface area contributed by atoms with Gasteiger partial charge < -0.3 is 10.6 Å². The Balaban J connectivity index is 1.88. The van der Waals surface area contributed by atoms with Crippen molar-refractivity contribution in [3.63, 3.8) is 0 Å². The van der Waals surface area contributed by atoms with Crippen LogP contribution < -0.4 is 10.6 Å². The minimum atomic E-state index is -0.0106. The lowest BCUT2D eigenvalue weighted by molar-refractivity contribution is -0.123. The molecule has 2 N–H and O–H groups in total. The quantitative estimate of drug-likeness (QED) is 0.770. The molecule has 24 heavy (non-hydrogen) atoms. The lowest BCUT2D eigenvalue weighted by Gasteiger charge is -2.22. The highest BCUT2D eigenvalue weighted by molar-refractivity contribution is 5.93.